The summed E-state index contributed by atoms with van der Waals surface area (Å²) in [6, 6.07) is 0. The highest BCUT2D eigenvalue weighted by atomic mass is 16.5. The number of carbonyl (C=O) groups excluding carboxylic acids is 2. The minimum absolute atomic E-state index is 0.0850. The smallest absolute Gasteiger partial charge is 0.305 e. The Labute approximate surface area is 156 Å². The molecule has 3 heteroatoms. The SMILES string of the molecule is CCCCCCC(=O)CCCCCCCCCCCCCC(=O)OC. The van der Waals surface area contributed by atoms with Gasteiger partial charge < -0.3 is 4.74 Å². The molecule has 0 bridgehead atoms. The van der Waals surface area contributed by atoms with Crippen LogP contribution in [0.3, 0.4) is 0 Å². The van der Waals surface area contributed by atoms with Crippen LogP contribution < -0.4 is 0 Å². The third-order valence-corrected chi connectivity index (χ3v) is 4.87. The number of ether oxygens (including phenoxy) is 1. The van der Waals surface area contributed by atoms with Crippen molar-refractivity contribution in [2.24, 2.45) is 0 Å². The third kappa shape index (κ3) is 19.3. The fourth-order valence-electron chi connectivity index (χ4n) is 3.16. The van der Waals surface area contributed by atoms with Crippen LogP contribution in [0.4, 0.5) is 0 Å². The largest absolute Gasteiger partial charge is 0.469 e. The van der Waals surface area contributed by atoms with E-state index in [4.69, 9.17) is 0 Å². The van der Waals surface area contributed by atoms with Gasteiger partial charge in [0.25, 0.3) is 0 Å². The lowest BCUT2D eigenvalue weighted by Gasteiger charge is -2.03. The maximum absolute atomic E-state index is 11.7. The van der Waals surface area contributed by atoms with Gasteiger partial charge in [-0.05, 0) is 19.3 Å². The lowest BCUT2D eigenvalue weighted by Crippen LogP contribution is -1.99. The van der Waals surface area contributed by atoms with Gasteiger partial charge in [-0.3, -0.25) is 9.59 Å². The standard InChI is InChI=1S/C22H42O3/c1-3-4-5-15-18-21(23)19-16-13-11-9-7-6-8-10-12-14-17-20-22(24)25-2/h3-20H2,1-2H3. The Kier molecular flexibility index (Phi) is 18.8. The van der Waals surface area contributed by atoms with Crippen molar-refractivity contribution in [3.63, 3.8) is 0 Å². The van der Waals surface area contributed by atoms with E-state index in [1.54, 1.807) is 0 Å². The van der Waals surface area contributed by atoms with E-state index in [9.17, 15) is 9.59 Å². The van der Waals surface area contributed by atoms with E-state index in [1.165, 1.54) is 77.7 Å². The van der Waals surface area contributed by atoms with E-state index >= 15 is 0 Å². The van der Waals surface area contributed by atoms with Crippen LogP contribution in [0, 0.1) is 0 Å². The molecule has 0 saturated heterocycles. The van der Waals surface area contributed by atoms with Crippen molar-refractivity contribution in [2.45, 2.75) is 122 Å². The molecule has 0 radical (unpaired) electrons. The van der Waals surface area contributed by atoms with Gasteiger partial charge in [0.1, 0.15) is 5.78 Å². The topological polar surface area (TPSA) is 43.4 Å². The van der Waals surface area contributed by atoms with Gasteiger partial charge in [0.2, 0.25) is 0 Å². The third-order valence-electron chi connectivity index (χ3n) is 4.87. The number of ketones is 1. The molecule has 3 nitrogen and oxygen atoms in total. The average Bonchev–Trinajstić information content (AvgIpc) is 2.62. The predicted molar refractivity (Wildman–Crippen MR) is 106 cm³/mol. The van der Waals surface area contributed by atoms with Crippen LogP contribution in [0.2, 0.25) is 0 Å². The summed E-state index contributed by atoms with van der Waals surface area (Å²) in [6.07, 6.45) is 20.5. The van der Waals surface area contributed by atoms with Crippen LogP contribution in [-0.2, 0) is 14.3 Å². The van der Waals surface area contributed by atoms with Gasteiger partial charge in [-0.1, -0.05) is 84.0 Å². The number of rotatable bonds is 19. The fraction of sp³-hybridized carbons (Fsp3) is 0.909. The Balaban J connectivity index is 3.13. The van der Waals surface area contributed by atoms with Crippen LogP contribution in [0.15, 0.2) is 0 Å². The van der Waals surface area contributed by atoms with Crippen molar-refractivity contribution in [3.8, 4) is 0 Å². The molecule has 0 unspecified atom stereocenters. The quantitative estimate of drug-likeness (QED) is 0.190. The van der Waals surface area contributed by atoms with Gasteiger partial charge in [0.05, 0.1) is 7.11 Å². The highest BCUT2D eigenvalue weighted by molar-refractivity contribution is 5.78. The number of Topliss-reactive ketones (excluding diaryl/α,β-unsaturated/α-hetero) is 1. The lowest BCUT2D eigenvalue weighted by molar-refractivity contribution is -0.140. The van der Waals surface area contributed by atoms with Crippen molar-refractivity contribution in [2.75, 3.05) is 7.11 Å². The molecule has 0 rings (SSSR count). The Bertz CT molecular complexity index is 312. The van der Waals surface area contributed by atoms with Crippen LogP contribution in [0.1, 0.15) is 122 Å². The molecule has 0 aromatic carbocycles. The maximum atomic E-state index is 11.7. The minimum Gasteiger partial charge on any atom is -0.469 e. The number of esters is 1. The van der Waals surface area contributed by atoms with E-state index in [1.807, 2.05) is 0 Å². The summed E-state index contributed by atoms with van der Waals surface area (Å²) >= 11 is 0. The molecule has 0 saturated carbocycles. The molecule has 0 aliphatic heterocycles. The molecular formula is C22H42O3. The number of hydrogen-bond donors (Lipinski definition) is 0. The normalized spacial score (nSPS) is 10.8. The molecular weight excluding hydrogens is 312 g/mol. The molecule has 0 fully saturated rings. The van der Waals surface area contributed by atoms with Gasteiger partial charge in [-0.15, -0.1) is 0 Å². The Morgan fingerprint density at radius 3 is 1.32 bits per heavy atom. The second kappa shape index (κ2) is 19.5. The zero-order valence-corrected chi connectivity index (χ0v) is 17.0. The molecule has 0 aromatic rings. The Morgan fingerprint density at radius 2 is 0.920 bits per heavy atom. The predicted octanol–water partition coefficient (Wildman–Crippen LogP) is 6.77. The van der Waals surface area contributed by atoms with Crippen molar-refractivity contribution in [3.05, 3.63) is 0 Å². The first-order valence-corrected chi connectivity index (χ1v) is 10.8. The minimum atomic E-state index is -0.0850. The van der Waals surface area contributed by atoms with Crippen molar-refractivity contribution in [1.29, 1.82) is 0 Å². The summed E-state index contributed by atoms with van der Waals surface area (Å²) < 4.78 is 4.63. The van der Waals surface area contributed by atoms with Crippen molar-refractivity contribution < 1.29 is 14.3 Å². The monoisotopic (exact) mass is 354 g/mol. The molecule has 0 amide bonds. The van der Waals surface area contributed by atoms with Crippen LogP contribution in [0.25, 0.3) is 0 Å². The van der Waals surface area contributed by atoms with Crippen LogP contribution in [-0.4, -0.2) is 18.9 Å². The zero-order valence-electron chi connectivity index (χ0n) is 17.0. The molecule has 0 aromatic heterocycles. The lowest BCUT2D eigenvalue weighted by atomic mass is 10.0. The second-order valence-electron chi connectivity index (χ2n) is 7.31. The summed E-state index contributed by atoms with van der Waals surface area (Å²) in [6.45, 7) is 2.20. The molecule has 25 heavy (non-hydrogen) atoms. The van der Waals surface area contributed by atoms with Gasteiger partial charge in [0, 0.05) is 19.3 Å². The van der Waals surface area contributed by atoms with Gasteiger partial charge in [-0.25, -0.2) is 0 Å². The van der Waals surface area contributed by atoms with Crippen molar-refractivity contribution >= 4 is 11.8 Å². The van der Waals surface area contributed by atoms with Gasteiger partial charge in [-0.2, -0.15) is 0 Å². The summed E-state index contributed by atoms with van der Waals surface area (Å²) in [5.74, 6) is 0.390. The molecule has 0 N–H and O–H groups in total. The molecule has 0 heterocycles. The van der Waals surface area contributed by atoms with Crippen LogP contribution in [0.5, 0.6) is 0 Å². The van der Waals surface area contributed by atoms with E-state index in [0.29, 0.717) is 12.2 Å². The van der Waals surface area contributed by atoms with Gasteiger partial charge in [0.15, 0.2) is 0 Å². The summed E-state index contributed by atoms with van der Waals surface area (Å²) in [7, 11) is 1.45. The number of methoxy groups -OCH3 is 1. The molecule has 148 valence electrons. The number of hydrogen-bond acceptors (Lipinski definition) is 3. The summed E-state index contributed by atoms with van der Waals surface area (Å²) in [5, 5.41) is 0. The first kappa shape index (κ1) is 24.1. The van der Waals surface area contributed by atoms with E-state index in [0.717, 1.165) is 38.5 Å². The Hall–Kier alpha value is -0.860. The van der Waals surface area contributed by atoms with Crippen LogP contribution >= 0.6 is 0 Å². The first-order valence-electron chi connectivity index (χ1n) is 10.8. The molecule has 0 spiro atoms. The molecule has 0 aliphatic carbocycles. The zero-order chi connectivity index (χ0) is 18.6. The summed E-state index contributed by atoms with van der Waals surface area (Å²) in [5.41, 5.74) is 0. The Morgan fingerprint density at radius 1 is 0.560 bits per heavy atom. The molecule has 0 aliphatic rings. The second-order valence-corrected chi connectivity index (χ2v) is 7.31. The molecule has 0 atom stereocenters. The van der Waals surface area contributed by atoms with E-state index in [-0.39, 0.29) is 5.97 Å². The number of unbranched alkanes of at least 4 members (excludes halogenated alkanes) is 13. The van der Waals surface area contributed by atoms with E-state index in [2.05, 4.69) is 11.7 Å². The first-order chi connectivity index (χ1) is 12.2. The number of carbonyl (C=O) groups is 2. The highest BCUT2D eigenvalue weighted by Gasteiger charge is 2.02. The van der Waals surface area contributed by atoms with Crippen molar-refractivity contribution in [1.82, 2.24) is 0 Å². The average molecular weight is 355 g/mol. The maximum Gasteiger partial charge on any atom is 0.305 e. The van der Waals surface area contributed by atoms with Gasteiger partial charge >= 0.3 is 5.97 Å². The summed E-state index contributed by atoms with van der Waals surface area (Å²) in [4.78, 5) is 22.7. The van der Waals surface area contributed by atoms with E-state index < -0.39 is 0 Å². The fourth-order valence-corrected chi connectivity index (χ4v) is 3.16. The highest BCUT2D eigenvalue weighted by Crippen LogP contribution is 2.13.